The van der Waals surface area contributed by atoms with Crippen LogP contribution in [-0.2, 0) is 0 Å². The normalized spacial score (nSPS) is 16.8. The highest BCUT2D eigenvalue weighted by Gasteiger charge is 2.24. The molecule has 1 fully saturated rings. The molecule has 0 saturated carbocycles. The molecule has 0 aliphatic carbocycles. The Morgan fingerprint density at radius 1 is 1.50 bits per heavy atom. The number of amides is 1. The quantitative estimate of drug-likeness (QED) is 0.893. The van der Waals surface area contributed by atoms with E-state index in [9.17, 15) is 9.90 Å². The van der Waals surface area contributed by atoms with Crippen LogP contribution in [0.3, 0.4) is 0 Å². The minimum Gasteiger partial charge on any atom is -0.505 e. The van der Waals surface area contributed by atoms with Crippen LogP contribution in [0.4, 0.5) is 0 Å². The van der Waals surface area contributed by atoms with Crippen LogP contribution in [0.25, 0.3) is 0 Å². The molecule has 0 unspecified atom stereocenters. The molecule has 0 bridgehead atoms. The third-order valence-corrected chi connectivity index (χ3v) is 3.63. The first-order valence-corrected chi connectivity index (χ1v) is 6.64. The summed E-state index contributed by atoms with van der Waals surface area (Å²) in [6.07, 6.45) is 7.47. The molecule has 0 aromatic carbocycles. The zero-order chi connectivity index (χ0) is 13.0. The van der Waals surface area contributed by atoms with Crippen LogP contribution in [0.5, 0.6) is 5.75 Å². The molecular weight excluding hydrogens is 228 g/mol. The first-order chi connectivity index (χ1) is 8.72. The van der Waals surface area contributed by atoms with Gasteiger partial charge in [-0.25, -0.2) is 0 Å². The lowest BCUT2D eigenvalue weighted by Crippen LogP contribution is -2.38. The highest BCUT2D eigenvalue weighted by Crippen LogP contribution is 2.24. The standard InChI is InChI=1S/C14H20N2O2/c1-2-3-11-5-8-16(9-6-11)14(18)12-4-7-15-10-13(12)17/h4,7,10-11,17H,2-3,5-6,8-9H2,1H3. The number of carbonyl (C=O) groups is 1. The first-order valence-electron chi connectivity index (χ1n) is 6.64. The average molecular weight is 248 g/mol. The number of hydrogen-bond acceptors (Lipinski definition) is 3. The van der Waals surface area contributed by atoms with Gasteiger partial charge in [0.2, 0.25) is 0 Å². The molecule has 1 amide bonds. The van der Waals surface area contributed by atoms with Gasteiger partial charge >= 0.3 is 0 Å². The summed E-state index contributed by atoms with van der Waals surface area (Å²) in [5, 5.41) is 9.64. The topological polar surface area (TPSA) is 53.4 Å². The third kappa shape index (κ3) is 2.81. The van der Waals surface area contributed by atoms with Crippen LogP contribution < -0.4 is 0 Å². The maximum Gasteiger partial charge on any atom is 0.257 e. The van der Waals surface area contributed by atoms with E-state index in [4.69, 9.17) is 0 Å². The molecule has 2 rings (SSSR count). The Bertz CT molecular complexity index is 412. The Morgan fingerprint density at radius 3 is 2.83 bits per heavy atom. The average Bonchev–Trinajstić information content (AvgIpc) is 2.40. The lowest BCUT2D eigenvalue weighted by Gasteiger charge is -2.32. The lowest BCUT2D eigenvalue weighted by atomic mass is 9.92. The van der Waals surface area contributed by atoms with Crippen molar-refractivity contribution >= 4 is 5.91 Å². The summed E-state index contributed by atoms with van der Waals surface area (Å²) in [4.78, 5) is 17.8. The van der Waals surface area contributed by atoms with E-state index in [0.29, 0.717) is 5.56 Å². The van der Waals surface area contributed by atoms with Crippen molar-refractivity contribution in [3.05, 3.63) is 24.0 Å². The Hall–Kier alpha value is -1.58. The predicted octanol–water partition coefficient (Wildman–Crippen LogP) is 2.44. The molecule has 0 spiro atoms. The molecule has 0 radical (unpaired) electrons. The smallest absolute Gasteiger partial charge is 0.257 e. The van der Waals surface area contributed by atoms with Gasteiger partial charge in [0.15, 0.2) is 0 Å². The predicted molar refractivity (Wildman–Crippen MR) is 69.4 cm³/mol. The number of nitrogens with zero attached hydrogens (tertiary/aromatic N) is 2. The van der Waals surface area contributed by atoms with E-state index in [1.54, 1.807) is 6.07 Å². The Kier molecular flexibility index (Phi) is 4.18. The molecule has 98 valence electrons. The van der Waals surface area contributed by atoms with Gasteiger partial charge in [-0.1, -0.05) is 19.8 Å². The van der Waals surface area contributed by atoms with Crippen LogP contribution in [0.2, 0.25) is 0 Å². The lowest BCUT2D eigenvalue weighted by molar-refractivity contribution is 0.0683. The number of carbonyl (C=O) groups excluding carboxylic acids is 1. The van der Waals surface area contributed by atoms with E-state index in [-0.39, 0.29) is 11.7 Å². The third-order valence-electron chi connectivity index (χ3n) is 3.63. The monoisotopic (exact) mass is 248 g/mol. The molecule has 1 aromatic rings. The zero-order valence-electron chi connectivity index (χ0n) is 10.8. The molecule has 2 heterocycles. The number of aromatic hydroxyl groups is 1. The molecule has 1 aliphatic rings. The van der Waals surface area contributed by atoms with Crippen LogP contribution >= 0.6 is 0 Å². The molecule has 0 atom stereocenters. The summed E-state index contributed by atoms with van der Waals surface area (Å²) < 4.78 is 0. The van der Waals surface area contributed by atoms with Gasteiger partial charge in [0.1, 0.15) is 5.75 Å². The van der Waals surface area contributed by atoms with Crippen molar-refractivity contribution in [2.75, 3.05) is 13.1 Å². The second-order valence-corrected chi connectivity index (χ2v) is 4.92. The van der Waals surface area contributed by atoms with Gasteiger partial charge in [-0.2, -0.15) is 0 Å². The van der Waals surface area contributed by atoms with Crippen molar-refractivity contribution in [1.82, 2.24) is 9.88 Å². The molecular formula is C14H20N2O2. The molecule has 1 aliphatic heterocycles. The molecule has 1 N–H and O–H groups in total. The van der Waals surface area contributed by atoms with Gasteiger partial charge in [-0.3, -0.25) is 9.78 Å². The second-order valence-electron chi connectivity index (χ2n) is 4.92. The minimum atomic E-state index is -0.0788. The van der Waals surface area contributed by atoms with Crippen LogP contribution in [0.15, 0.2) is 18.5 Å². The van der Waals surface area contributed by atoms with E-state index >= 15 is 0 Å². The van der Waals surface area contributed by atoms with Crippen LogP contribution in [-0.4, -0.2) is 34.0 Å². The van der Waals surface area contributed by atoms with Crippen molar-refractivity contribution in [2.24, 2.45) is 5.92 Å². The second kappa shape index (κ2) is 5.85. The van der Waals surface area contributed by atoms with Crippen molar-refractivity contribution in [3.63, 3.8) is 0 Å². The summed E-state index contributed by atoms with van der Waals surface area (Å²) in [5.74, 6) is 0.646. The summed E-state index contributed by atoms with van der Waals surface area (Å²) >= 11 is 0. The van der Waals surface area contributed by atoms with Crippen molar-refractivity contribution in [2.45, 2.75) is 32.6 Å². The summed E-state index contributed by atoms with van der Waals surface area (Å²) in [6.45, 7) is 3.79. The summed E-state index contributed by atoms with van der Waals surface area (Å²) in [5.41, 5.74) is 0.360. The number of hydrogen-bond donors (Lipinski definition) is 1. The molecule has 4 nitrogen and oxygen atoms in total. The van der Waals surface area contributed by atoms with Gasteiger partial charge in [-0.15, -0.1) is 0 Å². The largest absolute Gasteiger partial charge is 0.505 e. The van der Waals surface area contributed by atoms with Gasteiger partial charge in [0.05, 0.1) is 11.8 Å². The number of rotatable bonds is 3. The number of pyridine rings is 1. The van der Waals surface area contributed by atoms with Gasteiger partial charge in [-0.05, 0) is 24.8 Å². The first kappa shape index (κ1) is 12.9. The zero-order valence-corrected chi connectivity index (χ0v) is 10.8. The summed E-state index contributed by atoms with van der Waals surface area (Å²) in [7, 11) is 0. The van der Waals surface area contributed by atoms with Crippen LogP contribution in [0, 0.1) is 5.92 Å². The van der Waals surface area contributed by atoms with E-state index in [2.05, 4.69) is 11.9 Å². The number of piperidine rings is 1. The van der Waals surface area contributed by atoms with Gasteiger partial charge < -0.3 is 10.0 Å². The molecule has 1 aromatic heterocycles. The van der Waals surface area contributed by atoms with Crippen molar-refractivity contribution < 1.29 is 9.90 Å². The minimum absolute atomic E-state index is 0.0295. The van der Waals surface area contributed by atoms with Crippen LogP contribution in [0.1, 0.15) is 43.0 Å². The maximum atomic E-state index is 12.2. The molecule has 18 heavy (non-hydrogen) atoms. The number of aromatic nitrogens is 1. The SMILES string of the molecule is CCCC1CCN(C(=O)c2ccncc2O)CC1. The fourth-order valence-electron chi connectivity index (χ4n) is 2.57. The highest BCUT2D eigenvalue weighted by atomic mass is 16.3. The number of likely N-dealkylation sites (tertiary alicyclic amines) is 1. The Balaban J connectivity index is 1.98. The van der Waals surface area contributed by atoms with Gasteiger partial charge in [0, 0.05) is 19.3 Å². The molecule has 4 heteroatoms. The Morgan fingerprint density at radius 2 is 2.22 bits per heavy atom. The maximum absolute atomic E-state index is 12.2. The van der Waals surface area contributed by atoms with E-state index < -0.39 is 0 Å². The van der Waals surface area contributed by atoms with E-state index in [0.717, 1.165) is 31.8 Å². The fraction of sp³-hybridized carbons (Fsp3) is 0.571. The van der Waals surface area contributed by atoms with Crippen molar-refractivity contribution in [1.29, 1.82) is 0 Å². The molecule has 1 saturated heterocycles. The van der Waals surface area contributed by atoms with Crippen molar-refractivity contribution in [3.8, 4) is 5.75 Å². The Labute approximate surface area is 108 Å². The van der Waals surface area contributed by atoms with E-state index in [1.807, 2.05) is 4.90 Å². The summed E-state index contributed by atoms with van der Waals surface area (Å²) in [6, 6.07) is 1.58. The van der Waals surface area contributed by atoms with E-state index in [1.165, 1.54) is 25.2 Å². The fourth-order valence-corrected chi connectivity index (χ4v) is 2.57. The highest BCUT2D eigenvalue weighted by molar-refractivity contribution is 5.96. The van der Waals surface area contributed by atoms with Gasteiger partial charge in [0.25, 0.3) is 5.91 Å².